The molecular formula is C34H32N2O. The smallest absolute Gasteiger partial charge is 0.149 e. The summed E-state index contributed by atoms with van der Waals surface area (Å²) in [6.45, 7) is 11.1. The molecule has 4 aromatic carbocycles. The molecule has 3 heteroatoms. The molecule has 0 aliphatic carbocycles. The van der Waals surface area contributed by atoms with E-state index in [1.54, 1.807) is 0 Å². The van der Waals surface area contributed by atoms with Crippen LogP contribution in [0.4, 0.5) is 0 Å². The standard InChI is InChI=1S/C34H32N2O/c1-22(2)25-14-19-28-29(21-37-32(28)20-25)33-35-30-8-6-7-9-31(30)36(33)27-17-12-24(13-18-27)23-10-15-26(16-11-23)34(3,4)5/h6-22H,1-5H3. The van der Waals surface area contributed by atoms with Crippen molar-refractivity contribution in [3.63, 3.8) is 0 Å². The average molecular weight is 485 g/mol. The Bertz CT molecular complexity index is 1710. The molecule has 6 rings (SSSR count). The third-order valence-electron chi connectivity index (χ3n) is 7.28. The number of rotatable bonds is 4. The van der Waals surface area contributed by atoms with Gasteiger partial charge in [-0.2, -0.15) is 0 Å². The Morgan fingerprint density at radius 3 is 2.14 bits per heavy atom. The van der Waals surface area contributed by atoms with Crippen LogP contribution in [0.2, 0.25) is 0 Å². The lowest BCUT2D eigenvalue weighted by Gasteiger charge is -2.19. The van der Waals surface area contributed by atoms with E-state index in [-0.39, 0.29) is 5.41 Å². The summed E-state index contributed by atoms with van der Waals surface area (Å²) in [4.78, 5) is 5.06. The van der Waals surface area contributed by atoms with Gasteiger partial charge in [0.05, 0.1) is 16.6 Å². The highest BCUT2D eigenvalue weighted by atomic mass is 16.3. The highest BCUT2D eigenvalue weighted by molar-refractivity contribution is 5.95. The second kappa shape index (κ2) is 8.77. The fourth-order valence-electron chi connectivity index (χ4n) is 5.01. The Hall–Kier alpha value is -4.11. The minimum absolute atomic E-state index is 0.148. The lowest BCUT2D eigenvalue weighted by atomic mass is 9.86. The van der Waals surface area contributed by atoms with Crippen LogP contribution in [-0.4, -0.2) is 9.55 Å². The van der Waals surface area contributed by atoms with Gasteiger partial charge in [-0.1, -0.05) is 95.3 Å². The van der Waals surface area contributed by atoms with E-state index in [2.05, 4.69) is 124 Å². The van der Waals surface area contributed by atoms with Gasteiger partial charge in [0.15, 0.2) is 0 Å². The van der Waals surface area contributed by atoms with Gasteiger partial charge in [0, 0.05) is 11.1 Å². The maximum absolute atomic E-state index is 6.04. The van der Waals surface area contributed by atoms with Crippen LogP contribution in [0, 0.1) is 0 Å². The average Bonchev–Trinajstić information content (AvgIpc) is 3.49. The van der Waals surface area contributed by atoms with Crippen LogP contribution in [0.5, 0.6) is 0 Å². The normalized spacial score (nSPS) is 12.2. The van der Waals surface area contributed by atoms with Crippen LogP contribution in [0.1, 0.15) is 51.7 Å². The van der Waals surface area contributed by atoms with Crippen molar-refractivity contribution in [3.05, 3.63) is 108 Å². The highest BCUT2D eigenvalue weighted by Gasteiger charge is 2.19. The van der Waals surface area contributed by atoms with E-state index in [9.17, 15) is 0 Å². The Kier molecular flexibility index (Phi) is 5.52. The molecule has 0 bridgehead atoms. The summed E-state index contributed by atoms with van der Waals surface area (Å²) < 4.78 is 8.28. The number of furan rings is 1. The lowest BCUT2D eigenvalue weighted by molar-refractivity contribution is 0.590. The topological polar surface area (TPSA) is 31.0 Å². The van der Waals surface area contributed by atoms with E-state index in [1.165, 1.54) is 22.3 Å². The zero-order chi connectivity index (χ0) is 25.7. The molecule has 0 unspecified atom stereocenters. The maximum atomic E-state index is 6.04. The van der Waals surface area contributed by atoms with Crippen molar-refractivity contribution in [2.75, 3.05) is 0 Å². The van der Waals surface area contributed by atoms with Gasteiger partial charge in [-0.25, -0.2) is 4.98 Å². The number of hydrogen-bond donors (Lipinski definition) is 0. The Morgan fingerprint density at radius 1 is 0.784 bits per heavy atom. The zero-order valence-corrected chi connectivity index (χ0v) is 22.1. The fourth-order valence-corrected chi connectivity index (χ4v) is 5.01. The predicted molar refractivity (Wildman–Crippen MR) is 155 cm³/mol. The molecule has 0 aliphatic heterocycles. The van der Waals surface area contributed by atoms with Crippen LogP contribution >= 0.6 is 0 Å². The summed E-state index contributed by atoms with van der Waals surface area (Å²) >= 11 is 0. The molecule has 0 amide bonds. The third-order valence-corrected chi connectivity index (χ3v) is 7.28. The van der Waals surface area contributed by atoms with Crippen molar-refractivity contribution in [2.24, 2.45) is 0 Å². The molecule has 0 N–H and O–H groups in total. The van der Waals surface area contributed by atoms with Gasteiger partial charge in [-0.15, -0.1) is 0 Å². The van der Waals surface area contributed by atoms with E-state index in [0.29, 0.717) is 5.92 Å². The van der Waals surface area contributed by atoms with Gasteiger partial charge in [0.25, 0.3) is 0 Å². The quantitative estimate of drug-likeness (QED) is 0.249. The molecule has 2 heterocycles. The summed E-state index contributed by atoms with van der Waals surface area (Å²) in [5, 5.41) is 1.08. The molecule has 0 aliphatic rings. The van der Waals surface area contributed by atoms with E-state index in [0.717, 1.165) is 39.1 Å². The van der Waals surface area contributed by atoms with E-state index < -0.39 is 0 Å². The van der Waals surface area contributed by atoms with Crippen molar-refractivity contribution < 1.29 is 4.42 Å². The largest absolute Gasteiger partial charge is 0.464 e. The second-order valence-corrected chi connectivity index (χ2v) is 11.2. The molecule has 0 saturated carbocycles. The molecule has 184 valence electrons. The molecule has 0 fully saturated rings. The van der Waals surface area contributed by atoms with Gasteiger partial charge >= 0.3 is 0 Å². The minimum atomic E-state index is 0.148. The number of fused-ring (bicyclic) bond motifs is 2. The minimum Gasteiger partial charge on any atom is -0.464 e. The fraction of sp³-hybridized carbons (Fsp3) is 0.206. The Balaban J connectivity index is 1.45. The number of aromatic nitrogens is 2. The number of imidazole rings is 1. The van der Waals surface area contributed by atoms with E-state index in [4.69, 9.17) is 9.40 Å². The number of benzene rings is 4. The summed E-state index contributed by atoms with van der Waals surface area (Å²) in [6.07, 6.45) is 1.84. The first kappa shape index (κ1) is 23.3. The number of para-hydroxylation sites is 2. The van der Waals surface area contributed by atoms with Gasteiger partial charge in [0.1, 0.15) is 17.7 Å². The Morgan fingerprint density at radius 2 is 1.46 bits per heavy atom. The van der Waals surface area contributed by atoms with Crippen molar-refractivity contribution in [1.29, 1.82) is 0 Å². The summed E-state index contributed by atoms with van der Waals surface area (Å²) in [5.41, 5.74) is 10.2. The van der Waals surface area contributed by atoms with Gasteiger partial charge < -0.3 is 4.42 Å². The highest BCUT2D eigenvalue weighted by Crippen LogP contribution is 2.36. The van der Waals surface area contributed by atoms with Crippen molar-refractivity contribution in [3.8, 4) is 28.2 Å². The summed E-state index contributed by atoms with van der Waals surface area (Å²) in [6, 6.07) is 32.5. The van der Waals surface area contributed by atoms with Gasteiger partial charge in [0.2, 0.25) is 0 Å². The molecule has 2 aromatic heterocycles. The molecule has 6 aromatic rings. The van der Waals surface area contributed by atoms with Crippen LogP contribution < -0.4 is 0 Å². The lowest BCUT2D eigenvalue weighted by Crippen LogP contribution is -2.10. The maximum Gasteiger partial charge on any atom is 0.149 e. The molecular weight excluding hydrogens is 452 g/mol. The molecule has 0 spiro atoms. The predicted octanol–water partition coefficient (Wildman–Crippen LogP) is 9.53. The van der Waals surface area contributed by atoms with E-state index in [1.807, 2.05) is 12.3 Å². The van der Waals surface area contributed by atoms with Crippen LogP contribution in [0.25, 0.3) is 50.2 Å². The zero-order valence-electron chi connectivity index (χ0n) is 22.1. The number of nitrogens with zero attached hydrogens (tertiary/aromatic N) is 2. The molecule has 37 heavy (non-hydrogen) atoms. The number of hydrogen-bond acceptors (Lipinski definition) is 2. The first-order chi connectivity index (χ1) is 17.8. The third kappa shape index (κ3) is 4.15. The SMILES string of the molecule is CC(C)c1ccc2c(-c3nc4ccccc4n3-c3ccc(-c4ccc(C(C)(C)C)cc4)cc3)coc2c1. The summed E-state index contributed by atoms with van der Waals surface area (Å²) in [5.74, 6) is 1.34. The molecule has 0 radical (unpaired) electrons. The Labute approximate surface area is 218 Å². The van der Waals surface area contributed by atoms with Crippen LogP contribution in [-0.2, 0) is 5.41 Å². The summed E-state index contributed by atoms with van der Waals surface area (Å²) in [7, 11) is 0. The van der Waals surface area contributed by atoms with Crippen LogP contribution in [0.3, 0.4) is 0 Å². The molecule has 0 saturated heterocycles. The van der Waals surface area contributed by atoms with Gasteiger partial charge in [-0.05, 0) is 63.9 Å². The van der Waals surface area contributed by atoms with Crippen LogP contribution in [0.15, 0.2) is 102 Å². The van der Waals surface area contributed by atoms with E-state index >= 15 is 0 Å². The second-order valence-electron chi connectivity index (χ2n) is 11.2. The van der Waals surface area contributed by atoms with Crippen molar-refractivity contribution in [2.45, 2.75) is 46.0 Å². The van der Waals surface area contributed by atoms with Gasteiger partial charge in [-0.3, -0.25) is 4.57 Å². The van der Waals surface area contributed by atoms with Crippen molar-refractivity contribution >= 4 is 22.0 Å². The van der Waals surface area contributed by atoms with Crippen molar-refractivity contribution in [1.82, 2.24) is 9.55 Å². The monoisotopic (exact) mass is 484 g/mol. The molecule has 3 nitrogen and oxygen atoms in total. The first-order valence-electron chi connectivity index (χ1n) is 13.0. The molecule has 0 atom stereocenters. The first-order valence-corrected chi connectivity index (χ1v) is 13.0.